The Hall–Kier alpha value is -3.15. The van der Waals surface area contributed by atoms with E-state index in [1.807, 2.05) is 29.2 Å². The lowest BCUT2D eigenvalue weighted by atomic mass is 9.97. The van der Waals surface area contributed by atoms with E-state index in [4.69, 9.17) is 9.15 Å². The summed E-state index contributed by atoms with van der Waals surface area (Å²) < 4.78 is 11.2. The molecule has 1 fully saturated rings. The van der Waals surface area contributed by atoms with Crippen molar-refractivity contribution in [1.29, 1.82) is 0 Å². The molecule has 1 atom stereocenters. The minimum Gasteiger partial charge on any atom is -0.497 e. The molecule has 2 aromatic heterocycles. The standard InChI is InChI=1S/C22H23N3O3/c1-27-19-8-6-16(7-9-19)12-20-14-24-21(28-20)18-5-3-11-25(15-18)22(26)17-4-2-10-23-13-17/h2,4,6-10,13-14,18H,3,5,11-12,15H2,1H3/t18-/m0/s1. The molecule has 28 heavy (non-hydrogen) atoms. The van der Waals surface area contributed by atoms with Crippen LogP contribution in [0, 0.1) is 0 Å². The number of pyridine rings is 1. The Morgan fingerprint density at radius 3 is 2.86 bits per heavy atom. The molecule has 1 aliphatic heterocycles. The van der Waals surface area contributed by atoms with E-state index in [1.165, 1.54) is 0 Å². The summed E-state index contributed by atoms with van der Waals surface area (Å²) in [6.07, 6.45) is 7.67. The van der Waals surface area contributed by atoms with Gasteiger partial charge < -0.3 is 14.1 Å². The van der Waals surface area contributed by atoms with E-state index in [9.17, 15) is 4.79 Å². The number of carbonyl (C=O) groups is 1. The highest BCUT2D eigenvalue weighted by molar-refractivity contribution is 5.93. The quantitative estimate of drug-likeness (QED) is 0.678. The van der Waals surface area contributed by atoms with Crippen LogP contribution >= 0.6 is 0 Å². The van der Waals surface area contributed by atoms with E-state index >= 15 is 0 Å². The van der Waals surface area contributed by atoms with Crippen LogP contribution in [0.5, 0.6) is 5.75 Å². The summed E-state index contributed by atoms with van der Waals surface area (Å²) in [7, 11) is 1.66. The number of rotatable bonds is 5. The van der Waals surface area contributed by atoms with E-state index in [-0.39, 0.29) is 11.8 Å². The van der Waals surface area contributed by atoms with Crippen LogP contribution in [0.3, 0.4) is 0 Å². The molecule has 1 amide bonds. The van der Waals surface area contributed by atoms with Crippen molar-refractivity contribution in [2.75, 3.05) is 20.2 Å². The maximum atomic E-state index is 12.7. The molecule has 0 unspecified atom stereocenters. The van der Waals surface area contributed by atoms with Crippen LogP contribution in [0.2, 0.25) is 0 Å². The van der Waals surface area contributed by atoms with E-state index in [0.717, 1.165) is 36.5 Å². The molecule has 1 aliphatic rings. The van der Waals surface area contributed by atoms with Gasteiger partial charge in [0.2, 0.25) is 0 Å². The lowest BCUT2D eigenvalue weighted by Gasteiger charge is -2.31. The fraction of sp³-hybridized carbons (Fsp3) is 0.318. The van der Waals surface area contributed by atoms with Gasteiger partial charge in [-0.3, -0.25) is 9.78 Å². The van der Waals surface area contributed by atoms with Crippen molar-refractivity contribution in [3.63, 3.8) is 0 Å². The van der Waals surface area contributed by atoms with E-state index in [2.05, 4.69) is 9.97 Å². The summed E-state index contributed by atoms with van der Waals surface area (Å²) in [5.41, 5.74) is 1.76. The number of nitrogens with zero attached hydrogens (tertiary/aromatic N) is 3. The highest BCUT2D eigenvalue weighted by atomic mass is 16.5. The molecule has 0 spiro atoms. The zero-order valence-corrected chi connectivity index (χ0v) is 15.9. The molecule has 0 bridgehead atoms. The van der Waals surface area contributed by atoms with Gasteiger partial charge in [0.1, 0.15) is 11.5 Å². The van der Waals surface area contributed by atoms with Crippen molar-refractivity contribution < 1.29 is 13.9 Å². The molecule has 6 nitrogen and oxygen atoms in total. The molecule has 1 saturated heterocycles. The normalized spacial score (nSPS) is 16.8. The average molecular weight is 377 g/mol. The van der Waals surface area contributed by atoms with Gasteiger partial charge in [0.05, 0.1) is 24.8 Å². The van der Waals surface area contributed by atoms with Gasteiger partial charge in [-0.05, 0) is 42.7 Å². The van der Waals surface area contributed by atoms with Crippen LogP contribution < -0.4 is 4.74 Å². The lowest BCUT2D eigenvalue weighted by Crippen LogP contribution is -2.39. The van der Waals surface area contributed by atoms with Gasteiger partial charge in [0.15, 0.2) is 5.89 Å². The number of carbonyl (C=O) groups excluding carboxylic acids is 1. The van der Waals surface area contributed by atoms with Crippen molar-refractivity contribution in [3.05, 3.63) is 77.8 Å². The number of oxazole rings is 1. The van der Waals surface area contributed by atoms with Crippen molar-refractivity contribution >= 4 is 5.91 Å². The Morgan fingerprint density at radius 2 is 2.11 bits per heavy atom. The summed E-state index contributed by atoms with van der Waals surface area (Å²) in [5, 5.41) is 0. The number of aromatic nitrogens is 2. The number of amides is 1. The second-order valence-electron chi connectivity index (χ2n) is 7.02. The molecule has 0 aliphatic carbocycles. The first kappa shape index (κ1) is 18.2. The first-order valence-corrected chi connectivity index (χ1v) is 9.50. The van der Waals surface area contributed by atoms with E-state index in [0.29, 0.717) is 24.4 Å². The van der Waals surface area contributed by atoms with Gasteiger partial charge in [-0.2, -0.15) is 0 Å². The summed E-state index contributed by atoms with van der Waals surface area (Å²) >= 11 is 0. The summed E-state index contributed by atoms with van der Waals surface area (Å²) in [6.45, 7) is 1.37. The average Bonchev–Trinajstić information content (AvgIpc) is 3.23. The van der Waals surface area contributed by atoms with Gasteiger partial charge in [-0.1, -0.05) is 12.1 Å². The summed E-state index contributed by atoms with van der Waals surface area (Å²) in [6, 6.07) is 11.5. The van der Waals surface area contributed by atoms with Gasteiger partial charge in [0.25, 0.3) is 5.91 Å². The molecular formula is C22H23N3O3. The smallest absolute Gasteiger partial charge is 0.255 e. The Labute approximate surface area is 164 Å². The first-order chi connectivity index (χ1) is 13.7. The Bertz CT molecular complexity index is 922. The van der Waals surface area contributed by atoms with Gasteiger partial charge >= 0.3 is 0 Å². The van der Waals surface area contributed by atoms with E-state index in [1.54, 1.807) is 37.8 Å². The Morgan fingerprint density at radius 1 is 1.25 bits per heavy atom. The maximum absolute atomic E-state index is 12.7. The maximum Gasteiger partial charge on any atom is 0.255 e. The molecule has 0 radical (unpaired) electrons. The van der Waals surface area contributed by atoms with Crippen molar-refractivity contribution in [3.8, 4) is 5.75 Å². The number of methoxy groups -OCH3 is 1. The highest BCUT2D eigenvalue weighted by Crippen LogP contribution is 2.28. The van der Waals surface area contributed by atoms with Crippen LogP contribution in [0.15, 0.2) is 59.4 Å². The molecule has 4 rings (SSSR count). The SMILES string of the molecule is COc1ccc(Cc2cnc([C@H]3CCCN(C(=O)c4cccnc4)C3)o2)cc1. The second kappa shape index (κ2) is 8.25. The highest BCUT2D eigenvalue weighted by Gasteiger charge is 2.28. The topological polar surface area (TPSA) is 68.5 Å². The van der Waals surface area contributed by atoms with Gasteiger partial charge in [-0.25, -0.2) is 4.98 Å². The minimum absolute atomic E-state index is 0.0165. The summed E-state index contributed by atoms with van der Waals surface area (Å²) in [4.78, 5) is 23.1. The van der Waals surface area contributed by atoms with Crippen molar-refractivity contribution in [2.45, 2.75) is 25.2 Å². The van der Waals surface area contributed by atoms with Gasteiger partial charge in [0, 0.05) is 31.9 Å². The zero-order valence-electron chi connectivity index (χ0n) is 15.9. The third-order valence-corrected chi connectivity index (χ3v) is 5.08. The number of piperidine rings is 1. The molecule has 144 valence electrons. The number of hydrogen-bond acceptors (Lipinski definition) is 5. The molecular weight excluding hydrogens is 354 g/mol. The molecule has 0 saturated carbocycles. The van der Waals surface area contributed by atoms with Crippen molar-refractivity contribution in [1.82, 2.24) is 14.9 Å². The Kier molecular flexibility index (Phi) is 5.37. The van der Waals surface area contributed by atoms with Crippen LogP contribution in [-0.4, -0.2) is 41.0 Å². The van der Waals surface area contributed by atoms with Crippen LogP contribution in [0.1, 0.15) is 46.3 Å². The lowest BCUT2D eigenvalue weighted by molar-refractivity contribution is 0.0697. The number of likely N-dealkylation sites (tertiary alicyclic amines) is 1. The minimum atomic E-state index is 0.0165. The Balaban J connectivity index is 1.42. The first-order valence-electron chi connectivity index (χ1n) is 9.50. The largest absolute Gasteiger partial charge is 0.497 e. The molecule has 6 heteroatoms. The third kappa shape index (κ3) is 4.06. The second-order valence-corrected chi connectivity index (χ2v) is 7.02. The zero-order chi connectivity index (χ0) is 19.3. The molecule has 1 aromatic carbocycles. The third-order valence-electron chi connectivity index (χ3n) is 5.08. The predicted molar refractivity (Wildman–Crippen MR) is 104 cm³/mol. The van der Waals surface area contributed by atoms with E-state index < -0.39 is 0 Å². The summed E-state index contributed by atoms with van der Waals surface area (Å²) in [5.74, 6) is 2.52. The number of hydrogen-bond donors (Lipinski definition) is 0. The predicted octanol–water partition coefficient (Wildman–Crippen LogP) is 3.69. The molecule has 0 N–H and O–H groups in total. The fourth-order valence-electron chi connectivity index (χ4n) is 3.57. The van der Waals surface area contributed by atoms with Crippen LogP contribution in [0.25, 0.3) is 0 Å². The van der Waals surface area contributed by atoms with Crippen LogP contribution in [-0.2, 0) is 6.42 Å². The van der Waals surface area contributed by atoms with Crippen molar-refractivity contribution in [2.24, 2.45) is 0 Å². The van der Waals surface area contributed by atoms with Gasteiger partial charge in [-0.15, -0.1) is 0 Å². The number of ether oxygens (including phenoxy) is 1. The van der Waals surface area contributed by atoms with Crippen LogP contribution in [0.4, 0.5) is 0 Å². The molecule has 3 heterocycles. The number of benzene rings is 1. The fourth-order valence-corrected chi connectivity index (χ4v) is 3.57. The monoisotopic (exact) mass is 377 g/mol. The molecule has 3 aromatic rings.